The Morgan fingerprint density at radius 1 is 1.26 bits per heavy atom. The molecule has 1 aromatic carbocycles. The maximum Gasteiger partial charge on any atom is 0.340 e. The lowest BCUT2D eigenvalue weighted by Crippen LogP contribution is -2.15. The number of carbonyl (C=O) groups excluding carboxylic acids is 3. The van der Waals surface area contributed by atoms with Crippen molar-refractivity contribution in [1.82, 2.24) is 4.98 Å². The molecular weight excluding hydrogens is 298 g/mol. The minimum absolute atomic E-state index is 0.0115. The van der Waals surface area contributed by atoms with Crippen LogP contribution in [0, 0.1) is 0 Å². The first-order valence-corrected chi connectivity index (χ1v) is 6.63. The highest BCUT2D eigenvalue weighted by Crippen LogP contribution is 2.29. The summed E-state index contributed by atoms with van der Waals surface area (Å²) in [7, 11) is 1.21. The topological polar surface area (TPSA) is 97.7 Å². The predicted octanol–water partition coefficient (Wildman–Crippen LogP) is 2.02. The minimum atomic E-state index is -0.663. The van der Waals surface area contributed by atoms with Crippen molar-refractivity contribution in [3.05, 3.63) is 53.9 Å². The van der Waals surface area contributed by atoms with E-state index < -0.39 is 5.97 Å². The summed E-state index contributed by atoms with van der Waals surface area (Å²) >= 11 is 0. The predicted molar refractivity (Wildman–Crippen MR) is 82.1 cm³/mol. The summed E-state index contributed by atoms with van der Waals surface area (Å²) in [6, 6.07) is 7.97. The molecule has 0 unspecified atom stereocenters. The van der Waals surface area contributed by atoms with E-state index in [9.17, 15) is 14.4 Å². The van der Waals surface area contributed by atoms with Crippen LogP contribution in [-0.4, -0.2) is 30.1 Å². The number of pyridine rings is 1. The van der Waals surface area contributed by atoms with E-state index in [-0.39, 0.29) is 29.3 Å². The van der Waals surface area contributed by atoms with E-state index in [2.05, 4.69) is 20.0 Å². The molecule has 0 spiro atoms. The zero-order valence-corrected chi connectivity index (χ0v) is 12.3. The van der Waals surface area contributed by atoms with Crippen LogP contribution in [0.5, 0.6) is 0 Å². The molecule has 2 rings (SSSR count). The van der Waals surface area contributed by atoms with Gasteiger partial charge in [0.1, 0.15) is 5.69 Å². The zero-order chi connectivity index (χ0) is 16.7. The Balaban J connectivity index is 2.27. The van der Waals surface area contributed by atoms with Crippen molar-refractivity contribution >= 4 is 29.3 Å². The van der Waals surface area contributed by atoms with Crippen LogP contribution in [0.1, 0.15) is 15.9 Å². The highest BCUT2D eigenvalue weighted by molar-refractivity contribution is 6.02. The van der Waals surface area contributed by atoms with Gasteiger partial charge < -0.3 is 10.1 Å². The molecule has 0 bridgehead atoms. The number of nitrogens with zero attached hydrogens (tertiary/aromatic N) is 2. The Hall–Kier alpha value is -3.31. The number of carbonyl (C=O) groups is 2. The molecule has 0 radical (unpaired) electrons. The first-order chi connectivity index (χ1) is 11.2. The molecule has 1 N–H and O–H groups in total. The van der Waals surface area contributed by atoms with Gasteiger partial charge in [0.2, 0.25) is 12.0 Å². The molecule has 1 aromatic heterocycles. The summed E-state index contributed by atoms with van der Waals surface area (Å²) < 4.78 is 4.63. The van der Waals surface area contributed by atoms with Crippen molar-refractivity contribution < 1.29 is 19.1 Å². The number of amides is 1. The van der Waals surface area contributed by atoms with Crippen molar-refractivity contribution in [3.8, 4) is 0 Å². The Labute approximate surface area is 132 Å². The summed E-state index contributed by atoms with van der Waals surface area (Å²) in [4.78, 5) is 41.8. The summed E-state index contributed by atoms with van der Waals surface area (Å²) in [6.45, 7) is 0. The first-order valence-electron chi connectivity index (χ1n) is 6.63. The third kappa shape index (κ3) is 4.09. The molecule has 0 aliphatic carbocycles. The standard InChI is InChI=1S/C16H13N3O4/c1-23-16(22)12-3-2-4-13(15(12)18-10-20)19-14(21)9-11-5-7-17-8-6-11/h2-8H,9H2,1H3,(H,19,21). The molecule has 0 saturated heterocycles. The van der Waals surface area contributed by atoms with Gasteiger partial charge in [0.25, 0.3) is 0 Å². The molecular formula is C16H13N3O4. The molecule has 23 heavy (non-hydrogen) atoms. The fourth-order valence-corrected chi connectivity index (χ4v) is 1.97. The van der Waals surface area contributed by atoms with Crippen molar-refractivity contribution in [3.63, 3.8) is 0 Å². The first kappa shape index (κ1) is 16.1. The second kappa shape index (κ2) is 7.63. The van der Waals surface area contributed by atoms with E-state index in [0.717, 1.165) is 5.56 Å². The second-order valence-corrected chi connectivity index (χ2v) is 4.48. The number of ether oxygens (including phenoxy) is 1. The van der Waals surface area contributed by atoms with Crippen LogP contribution in [0.4, 0.5) is 11.4 Å². The summed E-state index contributed by atoms with van der Waals surface area (Å²) in [5.74, 6) is -0.982. The van der Waals surface area contributed by atoms with Gasteiger partial charge >= 0.3 is 5.97 Å². The second-order valence-electron chi connectivity index (χ2n) is 4.48. The van der Waals surface area contributed by atoms with Crippen LogP contribution in [-0.2, 0) is 20.7 Å². The Morgan fingerprint density at radius 3 is 2.65 bits per heavy atom. The molecule has 116 valence electrons. The van der Waals surface area contributed by atoms with Gasteiger partial charge in [-0.1, -0.05) is 6.07 Å². The van der Waals surface area contributed by atoms with Crippen LogP contribution >= 0.6 is 0 Å². The molecule has 7 heteroatoms. The summed E-state index contributed by atoms with van der Waals surface area (Å²) in [5.41, 5.74) is 1.09. The molecule has 0 atom stereocenters. The summed E-state index contributed by atoms with van der Waals surface area (Å²) in [6.07, 6.45) is 4.67. The van der Waals surface area contributed by atoms with Crippen LogP contribution in [0.2, 0.25) is 0 Å². The SMILES string of the molecule is COC(=O)c1cccc(NC(=O)Cc2ccncc2)c1N=C=O. The Bertz CT molecular complexity index is 768. The lowest BCUT2D eigenvalue weighted by molar-refractivity contribution is -0.115. The highest BCUT2D eigenvalue weighted by Gasteiger charge is 2.16. The van der Waals surface area contributed by atoms with E-state index in [1.165, 1.54) is 25.3 Å². The van der Waals surface area contributed by atoms with Crippen molar-refractivity contribution in [2.75, 3.05) is 12.4 Å². The molecule has 1 heterocycles. The largest absolute Gasteiger partial charge is 0.465 e. The molecule has 2 aromatic rings. The van der Waals surface area contributed by atoms with Crippen LogP contribution in [0.15, 0.2) is 47.7 Å². The lowest BCUT2D eigenvalue weighted by Gasteiger charge is -2.10. The van der Waals surface area contributed by atoms with Gasteiger partial charge in [-0.05, 0) is 29.8 Å². The quantitative estimate of drug-likeness (QED) is 0.517. The molecule has 0 fully saturated rings. The molecule has 1 amide bonds. The van der Waals surface area contributed by atoms with E-state index in [4.69, 9.17) is 0 Å². The number of rotatable bonds is 5. The summed E-state index contributed by atoms with van der Waals surface area (Å²) in [5, 5.41) is 2.62. The third-order valence-corrected chi connectivity index (χ3v) is 2.99. The number of para-hydroxylation sites is 1. The molecule has 7 nitrogen and oxygen atoms in total. The number of aliphatic imine (C=N–C) groups is 1. The van der Waals surface area contributed by atoms with Gasteiger partial charge in [0, 0.05) is 12.4 Å². The number of isocyanates is 1. The normalized spacial score (nSPS) is 9.61. The number of benzene rings is 1. The third-order valence-electron chi connectivity index (χ3n) is 2.99. The van der Waals surface area contributed by atoms with Gasteiger partial charge in [-0.3, -0.25) is 9.78 Å². The van der Waals surface area contributed by atoms with Crippen molar-refractivity contribution in [2.45, 2.75) is 6.42 Å². The number of methoxy groups -OCH3 is 1. The molecule has 0 aliphatic rings. The van der Waals surface area contributed by atoms with Gasteiger partial charge in [0.05, 0.1) is 24.8 Å². The number of anilines is 1. The average Bonchev–Trinajstić information content (AvgIpc) is 2.56. The number of nitrogens with one attached hydrogen (secondary N) is 1. The maximum absolute atomic E-state index is 12.1. The van der Waals surface area contributed by atoms with Crippen LogP contribution < -0.4 is 5.32 Å². The van der Waals surface area contributed by atoms with E-state index in [1.807, 2.05) is 0 Å². The van der Waals surface area contributed by atoms with Gasteiger partial charge in [0.15, 0.2) is 0 Å². The smallest absolute Gasteiger partial charge is 0.340 e. The van der Waals surface area contributed by atoms with E-state index in [0.29, 0.717) is 0 Å². The van der Waals surface area contributed by atoms with E-state index in [1.54, 1.807) is 30.6 Å². The zero-order valence-electron chi connectivity index (χ0n) is 12.3. The fourth-order valence-electron chi connectivity index (χ4n) is 1.97. The van der Waals surface area contributed by atoms with E-state index >= 15 is 0 Å². The molecule has 0 aliphatic heterocycles. The Morgan fingerprint density at radius 2 is 2.00 bits per heavy atom. The van der Waals surface area contributed by atoms with Gasteiger partial charge in [-0.25, -0.2) is 9.59 Å². The number of aromatic nitrogens is 1. The van der Waals surface area contributed by atoms with Crippen LogP contribution in [0.3, 0.4) is 0 Å². The Kier molecular flexibility index (Phi) is 5.33. The number of esters is 1. The molecule has 0 saturated carbocycles. The van der Waals surface area contributed by atoms with Crippen molar-refractivity contribution in [2.24, 2.45) is 4.99 Å². The number of hydrogen-bond acceptors (Lipinski definition) is 6. The lowest BCUT2D eigenvalue weighted by atomic mass is 10.1. The monoisotopic (exact) mass is 311 g/mol. The van der Waals surface area contributed by atoms with Crippen molar-refractivity contribution in [1.29, 1.82) is 0 Å². The highest BCUT2D eigenvalue weighted by atomic mass is 16.5. The van der Waals surface area contributed by atoms with Gasteiger partial charge in [-0.2, -0.15) is 4.99 Å². The van der Waals surface area contributed by atoms with Gasteiger partial charge in [-0.15, -0.1) is 0 Å². The minimum Gasteiger partial charge on any atom is -0.465 e. The average molecular weight is 311 g/mol. The van der Waals surface area contributed by atoms with Crippen LogP contribution in [0.25, 0.3) is 0 Å². The number of hydrogen-bond donors (Lipinski definition) is 1. The fraction of sp³-hybridized carbons (Fsp3) is 0.125. The maximum atomic E-state index is 12.1.